The Bertz CT molecular complexity index is 1440. The maximum Gasteiger partial charge on any atom is 0.182 e. The molecule has 5 aromatic rings. The standard InChI is InChI=1S/C29H22N4S/c1-29(2)21-12-6-7-14-24(21)34-25-18-20(15-16-22(25)29)27-31-26(19-10-4-3-5-11-19)32-28(33-27)23-13-8-9-17-30-23/h3-18H,1-2H3. The van der Waals surface area contributed by atoms with Crippen molar-refractivity contribution in [1.29, 1.82) is 0 Å². The van der Waals surface area contributed by atoms with Crippen molar-refractivity contribution in [2.75, 3.05) is 0 Å². The van der Waals surface area contributed by atoms with Gasteiger partial charge in [-0.1, -0.05) is 92.3 Å². The molecule has 1 aliphatic rings. The quantitative estimate of drug-likeness (QED) is 0.290. The van der Waals surface area contributed by atoms with E-state index in [1.54, 1.807) is 6.20 Å². The third kappa shape index (κ3) is 3.58. The zero-order valence-corrected chi connectivity index (χ0v) is 19.8. The Kier molecular flexibility index (Phi) is 5.00. The van der Waals surface area contributed by atoms with Gasteiger partial charge in [-0.2, -0.15) is 0 Å². The summed E-state index contributed by atoms with van der Waals surface area (Å²) in [7, 11) is 0. The van der Waals surface area contributed by atoms with Crippen LogP contribution in [0.15, 0.2) is 107 Å². The number of aromatic nitrogens is 4. The second-order valence-corrected chi connectivity index (χ2v) is 9.91. The summed E-state index contributed by atoms with van der Waals surface area (Å²) in [6.07, 6.45) is 1.76. The number of hydrogen-bond acceptors (Lipinski definition) is 5. The van der Waals surface area contributed by atoms with Crippen LogP contribution in [0.4, 0.5) is 0 Å². The van der Waals surface area contributed by atoms with E-state index in [1.807, 2.05) is 60.3 Å². The molecule has 0 saturated carbocycles. The van der Waals surface area contributed by atoms with Crippen LogP contribution in [0.1, 0.15) is 25.0 Å². The van der Waals surface area contributed by atoms with E-state index in [0.29, 0.717) is 17.5 Å². The van der Waals surface area contributed by atoms with Gasteiger partial charge in [-0.25, -0.2) is 15.0 Å². The van der Waals surface area contributed by atoms with Gasteiger partial charge in [-0.15, -0.1) is 0 Å². The predicted octanol–water partition coefficient (Wildman–Crippen LogP) is 7.06. The van der Waals surface area contributed by atoms with Crippen molar-refractivity contribution >= 4 is 11.8 Å². The van der Waals surface area contributed by atoms with E-state index < -0.39 is 0 Å². The molecule has 0 atom stereocenters. The van der Waals surface area contributed by atoms with E-state index in [9.17, 15) is 0 Å². The highest BCUT2D eigenvalue weighted by Crippen LogP contribution is 2.49. The van der Waals surface area contributed by atoms with Crippen molar-refractivity contribution in [3.8, 4) is 34.3 Å². The second-order valence-electron chi connectivity index (χ2n) is 8.82. The molecule has 34 heavy (non-hydrogen) atoms. The third-order valence-electron chi connectivity index (χ3n) is 6.25. The number of rotatable bonds is 3. The summed E-state index contributed by atoms with van der Waals surface area (Å²) in [6.45, 7) is 4.58. The lowest BCUT2D eigenvalue weighted by Gasteiger charge is -2.34. The molecule has 0 aliphatic carbocycles. The summed E-state index contributed by atoms with van der Waals surface area (Å²) in [5.74, 6) is 1.86. The van der Waals surface area contributed by atoms with Gasteiger partial charge in [0.25, 0.3) is 0 Å². The minimum absolute atomic E-state index is 0.0663. The first-order valence-electron chi connectivity index (χ1n) is 11.2. The van der Waals surface area contributed by atoms with Crippen LogP contribution in [0.5, 0.6) is 0 Å². The molecule has 4 nitrogen and oxygen atoms in total. The van der Waals surface area contributed by atoms with Crippen LogP contribution in [0.2, 0.25) is 0 Å². The van der Waals surface area contributed by atoms with E-state index in [1.165, 1.54) is 20.9 Å². The molecule has 0 bridgehead atoms. The lowest BCUT2D eigenvalue weighted by atomic mass is 9.77. The van der Waals surface area contributed by atoms with Crippen LogP contribution in [0.25, 0.3) is 34.3 Å². The van der Waals surface area contributed by atoms with Crippen molar-refractivity contribution in [3.05, 3.63) is 108 Å². The molecule has 0 N–H and O–H groups in total. The molecule has 0 amide bonds. The Labute approximate surface area is 203 Å². The molecule has 0 unspecified atom stereocenters. The largest absolute Gasteiger partial charge is 0.253 e. The fourth-order valence-corrected chi connectivity index (χ4v) is 5.86. The zero-order valence-electron chi connectivity index (χ0n) is 18.9. The fraction of sp³-hybridized carbons (Fsp3) is 0.103. The van der Waals surface area contributed by atoms with Gasteiger partial charge >= 0.3 is 0 Å². The van der Waals surface area contributed by atoms with Crippen molar-refractivity contribution in [2.45, 2.75) is 29.1 Å². The highest BCUT2D eigenvalue weighted by molar-refractivity contribution is 7.99. The molecule has 1 aliphatic heterocycles. The SMILES string of the molecule is CC1(C)c2ccccc2Sc2cc(-c3nc(-c4ccccc4)nc(-c4ccccn4)n3)ccc21. The summed E-state index contributed by atoms with van der Waals surface area (Å²) < 4.78 is 0. The van der Waals surface area contributed by atoms with Crippen LogP contribution in [-0.4, -0.2) is 19.9 Å². The van der Waals surface area contributed by atoms with E-state index >= 15 is 0 Å². The molecule has 0 spiro atoms. The first-order valence-corrected chi connectivity index (χ1v) is 12.1. The lowest BCUT2D eigenvalue weighted by Crippen LogP contribution is -2.23. The molecule has 5 heteroatoms. The first-order chi connectivity index (χ1) is 16.6. The summed E-state index contributed by atoms with van der Waals surface area (Å²) in [4.78, 5) is 21.5. The topological polar surface area (TPSA) is 51.6 Å². The highest BCUT2D eigenvalue weighted by atomic mass is 32.2. The van der Waals surface area contributed by atoms with Gasteiger partial charge in [-0.3, -0.25) is 4.98 Å². The molecular formula is C29H22N4S. The van der Waals surface area contributed by atoms with Gasteiger partial charge in [0.05, 0.1) is 0 Å². The highest BCUT2D eigenvalue weighted by Gasteiger charge is 2.33. The maximum absolute atomic E-state index is 4.87. The molecule has 3 heterocycles. The van der Waals surface area contributed by atoms with Crippen molar-refractivity contribution in [1.82, 2.24) is 19.9 Å². The number of pyridine rings is 1. The average Bonchev–Trinajstić information content (AvgIpc) is 2.89. The normalized spacial score (nSPS) is 13.7. The molecule has 2 aromatic heterocycles. The van der Waals surface area contributed by atoms with Crippen LogP contribution in [0.3, 0.4) is 0 Å². The van der Waals surface area contributed by atoms with Gasteiger partial charge < -0.3 is 0 Å². The molecule has 0 fully saturated rings. The number of benzene rings is 3. The van der Waals surface area contributed by atoms with Crippen molar-refractivity contribution < 1.29 is 0 Å². The molecule has 164 valence electrons. The maximum atomic E-state index is 4.87. The number of hydrogen-bond donors (Lipinski definition) is 0. The van der Waals surface area contributed by atoms with E-state index in [0.717, 1.165) is 16.8 Å². The Balaban J connectivity index is 1.50. The van der Waals surface area contributed by atoms with E-state index in [2.05, 4.69) is 61.3 Å². The lowest BCUT2D eigenvalue weighted by molar-refractivity contribution is 0.607. The number of nitrogens with zero attached hydrogens (tertiary/aromatic N) is 4. The summed E-state index contributed by atoms with van der Waals surface area (Å²) in [6, 6.07) is 31.0. The van der Waals surface area contributed by atoms with Crippen LogP contribution in [-0.2, 0) is 5.41 Å². The Morgan fingerprint density at radius 3 is 2.06 bits per heavy atom. The molecule has 6 rings (SSSR count). The molecule has 0 saturated heterocycles. The van der Waals surface area contributed by atoms with E-state index in [-0.39, 0.29) is 5.41 Å². The summed E-state index contributed by atoms with van der Waals surface area (Å²) in [5.41, 5.74) is 5.27. The fourth-order valence-electron chi connectivity index (χ4n) is 4.43. The minimum Gasteiger partial charge on any atom is -0.253 e. The smallest absolute Gasteiger partial charge is 0.182 e. The van der Waals surface area contributed by atoms with Crippen molar-refractivity contribution in [3.63, 3.8) is 0 Å². The van der Waals surface area contributed by atoms with Gasteiger partial charge in [0.1, 0.15) is 5.69 Å². The van der Waals surface area contributed by atoms with E-state index in [4.69, 9.17) is 15.0 Å². The molecular weight excluding hydrogens is 436 g/mol. The minimum atomic E-state index is -0.0663. The Morgan fingerprint density at radius 1 is 0.588 bits per heavy atom. The summed E-state index contributed by atoms with van der Waals surface area (Å²) >= 11 is 1.81. The third-order valence-corrected chi connectivity index (χ3v) is 7.39. The van der Waals surface area contributed by atoms with Crippen molar-refractivity contribution in [2.24, 2.45) is 0 Å². The molecule has 0 radical (unpaired) electrons. The van der Waals surface area contributed by atoms with Crippen LogP contribution >= 0.6 is 11.8 Å². The first kappa shape index (κ1) is 20.8. The average molecular weight is 459 g/mol. The predicted molar refractivity (Wildman–Crippen MR) is 137 cm³/mol. The monoisotopic (exact) mass is 458 g/mol. The van der Waals surface area contributed by atoms with Crippen LogP contribution in [0, 0.1) is 0 Å². The Morgan fingerprint density at radius 2 is 1.26 bits per heavy atom. The van der Waals surface area contributed by atoms with Crippen LogP contribution < -0.4 is 0 Å². The zero-order chi connectivity index (χ0) is 23.1. The molecule has 3 aromatic carbocycles. The number of fused-ring (bicyclic) bond motifs is 2. The van der Waals surface area contributed by atoms with Gasteiger partial charge in [0, 0.05) is 32.5 Å². The Hall–Kier alpha value is -3.83. The van der Waals surface area contributed by atoms with Gasteiger partial charge in [0.2, 0.25) is 0 Å². The second kappa shape index (κ2) is 8.19. The van der Waals surface area contributed by atoms with Gasteiger partial charge in [0.15, 0.2) is 17.5 Å². The summed E-state index contributed by atoms with van der Waals surface area (Å²) in [5, 5.41) is 0. The van der Waals surface area contributed by atoms with Gasteiger partial charge in [-0.05, 0) is 35.4 Å².